The van der Waals surface area contributed by atoms with Crippen LogP contribution in [0.2, 0.25) is 0 Å². The number of aryl methyl sites for hydroxylation is 1. The Kier molecular flexibility index (Phi) is 4.51. The van der Waals surface area contributed by atoms with Crippen molar-refractivity contribution in [1.82, 2.24) is 5.32 Å². The lowest BCUT2D eigenvalue weighted by Gasteiger charge is -2.18. The van der Waals surface area contributed by atoms with E-state index in [0.29, 0.717) is 5.56 Å². The second-order valence-electron chi connectivity index (χ2n) is 6.00. The predicted molar refractivity (Wildman–Crippen MR) is 88.6 cm³/mol. The number of rotatable bonds is 5. The van der Waals surface area contributed by atoms with Gasteiger partial charge in [-0.3, -0.25) is 4.79 Å². The van der Waals surface area contributed by atoms with E-state index in [4.69, 9.17) is 4.74 Å². The Morgan fingerprint density at radius 1 is 1.17 bits per heavy atom. The number of nitrogens with one attached hydrogen (secondary N) is 1. The number of hydrogen-bond acceptors (Lipinski definition) is 4. The Balaban J connectivity index is 1.84. The van der Waals surface area contributed by atoms with E-state index in [2.05, 4.69) is 5.32 Å². The van der Waals surface area contributed by atoms with Crippen LogP contribution in [-0.2, 0) is 9.53 Å². The number of carbonyl (C=O) groups is 2. The second-order valence-corrected chi connectivity index (χ2v) is 6.00. The van der Waals surface area contributed by atoms with Crippen molar-refractivity contribution in [2.75, 3.05) is 0 Å². The topological polar surface area (TPSA) is 75.6 Å². The first kappa shape index (κ1) is 16.1. The summed E-state index contributed by atoms with van der Waals surface area (Å²) in [5, 5.41) is 12.7. The minimum Gasteiger partial charge on any atom is -0.507 e. The minimum absolute atomic E-state index is 0.0511. The molecule has 2 aromatic rings. The Labute approximate surface area is 140 Å². The first-order valence-corrected chi connectivity index (χ1v) is 7.90. The molecule has 1 fully saturated rings. The standard InChI is InChI=1S/C19H19NO4/c1-12-7-10-16(21)15(11-12)19(23)24-17(13-5-3-2-4-6-13)18(22)20-14-8-9-14/h2-7,10-11,14,17,21H,8-9H2,1H3,(H,20,22)/t17-/m0/s1. The van der Waals surface area contributed by atoms with Crippen LogP contribution in [0.1, 0.15) is 40.4 Å². The number of amides is 1. The summed E-state index contributed by atoms with van der Waals surface area (Å²) in [6.07, 6.45) is 0.846. The Hall–Kier alpha value is -2.82. The Morgan fingerprint density at radius 3 is 2.54 bits per heavy atom. The molecule has 24 heavy (non-hydrogen) atoms. The van der Waals surface area contributed by atoms with E-state index in [0.717, 1.165) is 18.4 Å². The van der Waals surface area contributed by atoms with E-state index in [9.17, 15) is 14.7 Å². The predicted octanol–water partition coefficient (Wildman–Crippen LogP) is 2.88. The number of phenols is 1. The highest BCUT2D eigenvalue weighted by atomic mass is 16.5. The van der Waals surface area contributed by atoms with Gasteiger partial charge in [0.2, 0.25) is 6.10 Å². The van der Waals surface area contributed by atoms with Gasteiger partial charge in [-0.2, -0.15) is 0 Å². The zero-order valence-electron chi connectivity index (χ0n) is 13.4. The highest BCUT2D eigenvalue weighted by molar-refractivity contribution is 5.95. The maximum absolute atomic E-state index is 12.5. The third-order valence-electron chi connectivity index (χ3n) is 3.86. The van der Waals surface area contributed by atoms with Gasteiger partial charge in [-0.1, -0.05) is 42.0 Å². The average molecular weight is 325 g/mol. The third kappa shape index (κ3) is 3.74. The number of hydrogen-bond donors (Lipinski definition) is 2. The van der Waals surface area contributed by atoms with Crippen molar-refractivity contribution in [3.63, 3.8) is 0 Å². The van der Waals surface area contributed by atoms with Gasteiger partial charge < -0.3 is 15.2 Å². The fourth-order valence-corrected chi connectivity index (χ4v) is 2.39. The van der Waals surface area contributed by atoms with Crippen molar-refractivity contribution in [2.45, 2.75) is 31.9 Å². The molecule has 0 heterocycles. The van der Waals surface area contributed by atoms with E-state index in [1.165, 1.54) is 6.07 Å². The third-order valence-corrected chi connectivity index (χ3v) is 3.86. The van der Waals surface area contributed by atoms with Crippen molar-refractivity contribution in [3.05, 3.63) is 65.2 Å². The lowest BCUT2D eigenvalue weighted by Crippen LogP contribution is -2.33. The van der Waals surface area contributed by atoms with Crippen molar-refractivity contribution in [2.24, 2.45) is 0 Å². The van der Waals surface area contributed by atoms with Gasteiger partial charge >= 0.3 is 5.97 Å². The van der Waals surface area contributed by atoms with Crippen LogP contribution < -0.4 is 5.32 Å². The van der Waals surface area contributed by atoms with E-state index >= 15 is 0 Å². The molecule has 5 heteroatoms. The van der Waals surface area contributed by atoms with Gasteiger partial charge in [0.1, 0.15) is 11.3 Å². The largest absolute Gasteiger partial charge is 0.507 e. The van der Waals surface area contributed by atoms with Crippen LogP contribution in [0.15, 0.2) is 48.5 Å². The lowest BCUT2D eigenvalue weighted by molar-refractivity contribution is -0.130. The van der Waals surface area contributed by atoms with E-state index in [1.54, 1.807) is 36.4 Å². The van der Waals surface area contributed by atoms with E-state index < -0.39 is 12.1 Å². The molecule has 5 nitrogen and oxygen atoms in total. The molecule has 3 rings (SSSR count). The number of benzene rings is 2. The molecule has 1 aliphatic rings. The highest BCUT2D eigenvalue weighted by Crippen LogP contribution is 2.26. The van der Waals surface area contributed by atoms with Gasteiger partial charge in [0, 0.05) is 11.6 Å². The van der Waals surface area contributed by atoms with Gasteiger partial charge in [0.15, 0.2) is 0 Å². The number of esters is 1. The zero-order chi connectivity index (χ0) is 17.1. The first-order valence-electron chi connectivity index (χ1n) is 7.90. The summed E-state index contributed by atoms with van der Waals surface area (Å²) in [5.41, 5.74) is 1.46. The quantitative estimate of drug-likeness (QED) is 0.829. The van der Waals surface area contributed by atoms with Crippen molar-refractivity contribution in [1.29, 1.82) is 0 Å². The van der Waals surface area contributed by atoms with Gasteiger partial charge in [-0.25, -0.2) is 4.79 Å². The zero-order valence-corrected chi connectivity index (χ0v) is 13.4. The summed E-state index contributed by atoms with van der Waals surface area (Å²) in [6.45, 7) is 1.81. The summed E-state index contributed by atoms with van der Waals surface area (Å²) in [4.78, 5) is 24.9. The molecule has 0 aromatic heterocycles. The molecule has 0 aliphatic heterocycles. The monoisotopic (exact) mass is 325 g/mol. The summed E-state index contributed by atoms with van der Waals surface area (Å²) in [6, 6.07) is 13.7. The molecule has 1 amide bonds. The molecule has 1 atom stereocenters. The number of carbonyl (C=O) groups excluding carboxylic acids is 2. The maximum Gasteiger partial charge on any atom is 0.343 e. The van der Waals surface area contributed by atoms with Gasteiger partial charge in [-0.15, -0.1) is 0 Å². The van der Waals surface area contributed by atoms with Gasteiger partial charge in [-0.05, 0) is 31.9 Å². The number of aromatic hydroxyl groups is 1. The molecule has 1 saturated carbocycles. The summed E-state index contributed by atoms with van der Waals surface area (Å²) in [5.74, 6) is -1.24. The van der Waals surface area contributed by atoms with Crippen molar-refractivity contribution < 1.29 is 19.4 Å². The average Bonchev–Trinajstić information content (AvgIpc) is 3.39. The molecule has 0 saturated heterocycles. The highest BCUT2D eigenvalue weighted by Gasteiger charge is 2.31. The van der Waals surface area contributed by atoms with Crippen LogP contribution >= 0.6 is 0 Å². The van der Waals surface area contributed by atoms with Crippen LogP contribution in [0.4, 0.5) is 0 Å². The molecule has 0 spiro atoms. The molecule has 2 N–H and O–H groups in total. The summed E-state index contributed by atoms with van der Waals surface area (Å²) in [7, 11) is 0. The van der Waals surface area contributed by atoms with E-state index in [-0.39, 0.29) is 23.3 Å². The molecule has 1 aliphatic carbocycles. The van der Waals surface area contributed by atoms with Gasteiger partial charge in [0.25, 0.3) is 5.91 Å². The second kappa shape index (κ2) is 6.74. The fourth-order valence-electron chi connectivity index (χ4n) is 2.39. The van der Waals surface area contributed by atoms with E-state index in [1.807, 2.05) is 13.0 Å². The Bertz CT molecular complexity index is 753. The van der Waals surface area contributed by atoms with Crippen LogP contribution in [-0.4, -0.2) is 23.0 Å². The smallest absolute Gasteiger partial charge is 0.343 e. The number of ether oxygens (including phenoxy) is 1. The molecule has 0 radical (unpaired) electrons. The Morgan fingerprint density at radius 2 is 1.88 bits per heavy atom. The van der Waals surface area contributed by atoms with Crippen LogP contribution in [0.3, 0.4) is 0 Å². The number of phenolic OH excluding ortho intramolecular Hbond substituents is 1. The summed E-state index contributed by atoms with van der Waals surface area (Å²) >= 11 is 0. The first-order chi connectivity index (χ1) is 11.5. The maximum atomic E-state index is 12.5. The fraction of sp³-hybridized carbons (Fsp3) is 0.263. The molecule has 0 bridgehead atoms. The summed E-state index contributed by atoms with van der Waals surface area (Å²) < 4.78 is 5.44. The van der Waals surface area contributed by atoms with Crippen molar-refractivity contribution in [3.8, 4) is 5.75 Å². The molecular formula is C19H19NO4. The SMILES string of the molecule is Cc1ccc(O)c(C(=O)O[C@H](C(=O)NC2CC2)c2ccccc2)c1. The molecule has 124 valence electrons. The van der Waals surface area contributed by atoms with Crippen LogP contribution in [0.5, 0.6) is 5.75 Å². The van der Waals surface area contributed by atoms with Crippen molar-refractivity contribution >= 4 is 11.9 Å². The lowest BCUT2D eigenvalue weighted by atomic mass is 10.1. The minimum atomic E-state index is -1.04. The van der Waals surface area contributed by atoms with Crippen LogP contribution in [0, 0.1) is 6.92 Å². The molecular weight excluding hydrogens is 306 g/mol. The molecule has 0 unspecified atom stereocenters. The van der Waals surface area contributed by atoms with Gasteiger partial charge in [0.05, 0.1) is 0 Å². The van der Waals surface area contributed by atoms with Crippen LogP contribution in [0.25, 0.3) is 0 Å². The normalized spacial score (nSPS) is 14.7. The molecule has 2 aromatic carbocycles.